The molecule has 2 heterocycles. The molecule has 7 nitrogen and oxygen atoms in total. The number of imide groups is 1. The maximum Gasteiger partial charge on any atom is 0.277 e. The minimum atomic E-state index is -0.688. The van der Waals surface area contributed by atoms with E-state index in [1.54, 1.807) is 4.90 Å². The first-order valence-corrected chi connectivity index (χ1v) is 8.05. The summed E-state index contributed by atoms with van der Waals surface area (Å²) in [6.07, 6.45) is 2.93. The van der Waals surface area contributed by atoms with Gasteiger partial charge in [0.2, 0.25) is 0 Å². The maximum atomic E-state index is 14.3. The van der Waals surface area contributed by atoms with Crippen LogP contribution < -0.4 is 5.32 Å². The minimum Gasteiger partial charge on any atom is -0.395 e. The Morgan fingerprint density at radius 3 is 2.60 bits per heavy atom. The van der Waals surface area contributed by atoms with E-state index in [9.17, 15) is 18.8 Å². The molecule has 0 atom stereocenters. The molecule has 8 heteroatoms. The summed E-state index contributed by atoms with van der Waals surface area (Å²) in [5, 5.41) is 11.6. The summed E-state index contributed by atoms with van der Waals surface area (Å²) in [6.45, 7) is 0.822. The highest BCUT2D eigenvalue weighted by atomic mass is 19.1. The fourth-order valence-corrected chi connectivity index (χ4v) is 2.92. The first-order chi connectivity index (χ1) is 12.0. The number of carbonyl (C=O) groups excluding carboxylic acids is 3. The van der Waals surface area contributed by atoms with E-state index in [0.717, 1.165) is 29.9 Å². The van der Waals surface area contributed by atoms with Gasteiger partial charge in [0.25, 0.3) is 17.7 Å². The van der Waals surface area contributed by atoms with Gasteiger partial charge in [-0.2, -0.15) is 0 Å². The van der Waals surface area contributed by atoms with E-state index < -0.39 is 17.6 Å². The van der Waals surface area contributed by atoms with E-state index in [0.29, 0.717) is 13.1 Å². The molecule has 1 saturated heterocycles. The van der Waals surface area contributed by atoms with Gasteiger partial charge in [0.1, 0.15) is 11.5 Å². The number of nitrogens with zero attached hydrogens (tertiary/aromatic N) is 2. The number of carbonyl (C=O) groups is 3. The van der Waals surface area contributed by atoms with E-state index in [1.165, 1.54) is 12.1 Å². The molecule has 1 aromatic carbocycles. The van der Waals surface area contributed by atoms with Gasteiger partial charge >= 0.3 is 0 Å². The zero-order chi connectivity index (χ0) is 18.0. The van der Waals surface area contributed by atoms with Crippen molar-refractivity contribution >= 4 is 23.4 Å². The average Bonchev–Trinajstić information content (AvgIpc) is 3.20. The number of aliphatic hydroxyl groups excluding tert-OH is 1. The second kappa shape index (κ2) is 7.02. The fraction of sp³-hybridized carbons (Fsp3) is 0.353. The molecule has 0 spiro atoms. The van der Waals surface area contributed by atoms with Gasteiger partial charge in [0.05, 0.1) is 18.7 Å². The Morgan fingerprint density at radius 2 is 1.96 bits per heavy atom. The van der Waals surface area contributed by atoms with Gasteiger partial charge in [-0.05, 0) is 31.0 Å². The van der Waals surface area contributed by atoms with Crippen molar-refractivity contribution < 1.29 is 23.9 Å². The second-order valence-corrected chi connectivity index (χ2v) is 5.90. The van der Waals surface area contributed by atoms with Crippen LogP contribution in [0.2, 0.25) is 0 Å². The molecule has 0 radical (unpaired) electrons. The molecular formula is C17H18FN3O4. The van der Waals surface area contributed by atoms with E-state index in [1.807, 2.05) is 0 Å². The highest BCUT2D eigenvalue weighted by Crippen LogP contribution is 2.21. The van der Waals surface area contributed by atoms with Crippen LogP contribution in [0.25, 0.3) is 0 Å². The zero-order valence-electron chi connectivity index (χ0n) is 13.5. The van der Waals surface area contributed by atoms with Crippen molar-refractivity contribution in [2.24, 2.45) is 0 Å². The van der Waals surface area contributed by atoms with E-state index >= 15 is 0 Å². The molecule has 0 bridgehead atoms. The lowest BCUT2D eigenvalue weighted by molar-refractivity contribution is -0.137. The van der Waals surface area contributed by atoms with E-state index in [-0.39, 0.29) is 36.0 Å². The van der Waals surface area contributed by atoms with Crippen LogP contribution in [0.5, 0.6) is 0 Å². The van der Waals surface area contributed by atoms with Gasteiger partial charge in [-0.15, -0.1) is 0 Å². The van der Waals surface area contributed by atoms with Gasteiger partial charge in [-0.1, -0.05) is 0 Å². The Labute approximate surface area is 143 Å². The van der Waals surface area contributed by atoms with Gasteiger partial charge in [0.15, 0.2) is 0 Å². The Hall–Kier alpha value is -2.74. The molecule has 0 unspecified atom stereocenters. The average molecular weight is 347 g/mol. The van der Waals surface area contributed by atoms with Crippen LogP contribution >= 0.6 is 0 Å². The zero-order valence-corrected chi connectivity index (χ0v) is 13.5. The minimum absolute atomic E-state index is 0.00327. The predicted molar refractivity (Wildman–Crippen MR) is 87.0 cm³/mol. The van der Waals surface area contributed by atoms with Crippen LogP contribution in [-0.2, 0) is 9.59 Å². The van der Waals surface area contributed by atoms with Crippen LogP contribution in [0.4, 0.5) is 10.1 Å². The number of anilines is 1. The second-order valence-electron chi connectivity index (χ2n) is 5.90. The summed E-state index contributed by atoms with van der Waals surface area (Å²) in [5.74, 6) is -2.16. The summed E-state index contributed by atoms with van der Waals surface area (Å²) in [5.41, 5.74) is 0.238. The number of halogens is 1. The summed E-state index contributed by atoms with van der Waals surface area (Å²) in [6, 6.07) is 3.97. The number of aliphatic hydroxyl groups is 1. The molecule has 1 aromatic rings. The Balaban J connectivity index is 1.73. The van der Waals surface area contributed by atoms with E-state index in [2.05, 4.69) is 5.32 Å². The third kappa shape index (κ3) is 3.39. The number of β-amino-alcohol motifs (C(OH)–C–C–N with tert-alkyl or cyclic N) is 1. The topological polar surface area (TPSA) is 90.0 Å². The lowest BCUT2D eigenvalue weighted by atomic mass is 10.1. The van der Waals surface area contributed by atoms with Crippen molar-refractivity contribution in [1.82, 2.24) is 9.80 Å². The third-order valence-electron chi connectivity index (χ3n) is 4.20. The van der Waals surface area contributed by atoms with Crippen LogP contribution in [0.1, 0.15) is 23.2 Å². The highest BCUT2D eigenvalue weighted by Gasteiger charge is 2.31. The lowest BCUT2D eigenvalue weighted by Crippen LogP contribution is -2.34. The molecule has 3 rings (SSSR count). The Bertz CT molecular complexity index is 756. The predicted octanol–water partition coefficient (Wildman–Crippen LogP) is 0.719. The largest absolute Gasteiger partial charge is 0.395 e. The highest BCUT2D eigenvalue weighted by molar-refractivity contribution is 6.17. The molecule has 0 aliphatic carbocycles. The van der Waals surface area contributed by atoms with Gasteiger partial charge in [-0.25, -0.2) is 4.39 Å². The molecule has 2 N–H and O–H groups in total. The van der Waals surface area contributed by atoms with Crippen molar-refractivity contribution in [3.05, 3.63) is 41.4 Å². The number of hydrogen-bond donors (Lipinski definition) is 2. The van der Waals surface area contributed by atoms with Crippen LogP contribution in [0.15, 0.2) is 30.0 Å². The van der Waals surface area contributed by atoms with Gasteiger partial charge in [0, 0.05) is 24.9 Å². The van der Waals surface area contributed by atoms with Crippen molar-refractivity contribution in [2.75, 3.05) is 31.6 Å². The number of hydrogen-bond acceptors (Lipinski definition) is 5. The molecule has 0 aromatic heterocycles. The van der Waals surface area contributed by atoms with Crippen LogP contribution in [0, 0.1) is 5.82 Å². The molecule has 0 saturated carbocycles. The molecular weight excluding hydrogens is 329 g/mol. The summed E-state index contributed by atoms with van der Waals surface area (Å²) in [7, 11) is 0. The van der Waals surface area contributed by atoms with Crippen molar-refractivity contribution in [3.63, 3.8) is 0 Å². The number of nitrogens with one attached hydrogen (secondary N) is 1. The van der Waals surface area contributed by atoms with Crippen LogP contribution in [0.3, 0.4) is 0 Å². The molecule has 3 amide bonds. The van der Waals surface area contributed by atoms with Crippen molar-refractivity contribution in [2.45, 2.75) is 12.8 Å². The number of benzene rings is 1. The first kappa shape index (κ1) is 17.1. The van der Waals surface area contributed by atoms with Crippen LogP contribution in [-0.4, -0.2) is 58.9 Å². The quantitative estimate of drug-likeness (QED) is 0.766. The normalized spacial score (nSPS) is 17.3. The van der Waals surface area contributed by atoms with Gasteiger partial charge < -0.3 is 15.3 Å². The van der Waals surface area contributed by atoms with Crippen molar-refractivity contribution in [1.29, 1.82) is 0 Å². The fourth-order valence-electron chi connectivity index (χ4n) is 2.92. The lowest BCUT2D eigenvalue weighted by Gasteiger charge is -2.16. The SMILES string of the molecule is O=C(c1ccc(NC2=CC(=O)N(CCO)C2=O)cc1F)N1CCCC1. The number of amides is 3. The summed E-state index contributed by atoms with van der Waals surface area (Å²) >= 11 is 0. The molecule has 2 aliphatic heterocycles. The number of rotatable bonds is 5. The third-order valence-corrected chi connectivity index (χ3v) is 4.20. The first-order valence-electron chi connectivity index (χ1n) is 8.05. The van der Waals surface area contributed by atoms with E-state index in [4.69, 9.17) is 5.11 Å². The smallest absolute Gasteiger partial charge is 0.277 e. The van der Waals surface area contributed by atoms with Gasteiger partial charge in [-0.3, -0.25) is 19.3 Å². The maximum absolute atomic E-state index is 14.3. The Morgan fingerprint density at radius 1 is 1.24 bits per heavy atom. The molecule has 25 heavy (non-hydrogen) atoms. The molecule has 2 aliphatic rings. The molecule has 132 valence electrons. The summed E-state index contributed by atoms with van der Waals surface area (Å²) in [4.78, 5) is 38.5. The number of likely N-dealkylation sites (tertiary alicyclic amines) is 1. The monoisotopic (exact) mass is 347 g/mol. The molecule has 1 fully saturated rings. The summed E-state index contributed by atoms with van der Waals surface area (Å²) < 4.78 is 14.3. The standard InChI is InChI=1S/C17H18FN3O4/c18-13-9-11(3-4-12(13)16(24)20-5-1-2-6-20)19-14-10-15(23)21(7-8-22)17(14)25/h3-4,9-10,19,22H,1-2,5-8H2. The Kier molecular flexibility index (Phi) is 4.80. The van der Waals surface area contributed by atoms with Crippen molar-refractivity contribution in [3.8, 4) is 0 Å².